The molecule has 2 N–H and O–H groups in total. The van der Waals surface area contributed by atoms with Crippen LogP contribution in [0.25, 0.3) is 0 Å². The number of unbranched alkanes of at least 4 members (excludes halogenated alkanes) is 3. The average molecular weight is 201 g/mol. The molecular formula is C10H19NO3. The van der Waals surface area contributed by atoms with E-state index in [4.69, 9.17) is 15.3 Å². The van der Waals surface area contributed by atoms with Gasteiger partial charge in [0, 0.05) is 12.8 Å². The SMILES string of the molecule is CCOC(=N)CCCCCCC(=O)O. The molecule has 0 saturated carbocycles. The molecule has 0 aromatic rings. The number of carboxylic acid groups (broad SMARTS) is 1. The Kier molecular flexibility index (Phi) is 7.89. The van der Waals surface area contributed by atoms with Gasteiger partial charge in [-0.15, -0.1) is 0 Å². The minimum atomic E-state index is -0.730. The largest absolute Gasteiger partial charge is 0.481 e. The molecule has 0 atom stereocenters. The highest BCUT2D eigenvalue weighted by molar-refractivity contribution is 5.72. The van der Waals surface area contributed by atoms with Gasteiger partial charge >= 0.3 is 5.97 Å². The second kappa shape index (κ2) is 8.53. The van der Waals surface area contributed by atoms with Gasteiger partial charge in [-0.2, -0.15) is 0 Å². The van der Waals surface area contributed by atoms with Crippen molar-refractivity contribution >= 4 is 11.9 Å². The molecule has 0 fully saturated rings. The third-order valence-electron chi connectivity index (χ3n) is 1.86. The van der Waals surface area contributed by atoms with E-state index in [1.807, 2.05) is 6.92 Å². The maximum atomic E-state index is 10.2. The summed E-state index contributed by atoms with van der Waals surface area (Å²) in [5, 5.41) is 15.7. The van der Waals surface area contributed by atoms with Crippen LogP contribution in [0.3, 0.4) is 0 Å². The fraction of sp³-hybridized carbons (Fsp3) is 0.800. The highest BCUT2D eigenvalue weighted by Gasteiger charge is 1.98. The van der Waals surface area contributed by atoms with E-state index in [-0.39, 0.29) is 6.42 Å². The van der Waals surface area contributed by atoms with Gasteiger partial charge in [0.2, 0.25) is 0 Å². The van der Waals surface area contributed by atoms with Crippen molar-refractivity contribution in [2.24, 2.45) is 0 Å². The van der Waals surface area contributed by atoms with E-state index in [1.54, 1.807) is 0 Å². The van der Waals surface area contributed by atoms with Gasteiger partial charge in [0.25, 0.3) is 0 Å². The first kappa shape index (κ1) is 12.9. The lowest BCUT2D eigenvalue weighted by molar-refractivity contribution is -0.137. The molecule has 4 heteroatoms. The number of ether oxygens (including phenoxy) is 1. The Labute approximate surface area is 84.8 Å². The molecule has 0 aliphatic heterocycles. The maximum Gasteiger partial charge on any atom is 0.303 e. The van der Waals surface area contributed by atoms with E-state index in [2.05, 4.69) is 0 Å². The lowest BCUT2D eigenvalue weighted by Gasteiger charge is -2.03. The van der Waals surface area contributed by atoms with Crippen LogP contribution in [0.15, 0.2) is 0 Å². The Morgan fingerprint density at radius 2 is 1.79 bits per heavy atom. The summed E-state index contributed by atoms with van der Waals surface area (Å²) in [6, 6.07) is 0. The zero-order valence-electron chi connectivity index (χ0n) is 8.71. The molecule has 0 heterocycles. The molecule has 0 radical (unpaired) electrons. The first-order valence-corrected chi connectivity index (χ1v) is 5.08. The average Bonchev–Trinajstić information content (AvgIpc) is 2.11. The van der Waals surface area contributed by atoms with Gasteiger partial charge in [0.15, 0.2) is 5.90 Å². The molecule has 0 aliphatic carbocycles. The Balaban J connectivity index is 3.13. The Morgan fingerprint density at radius 1 is 1.21 bits per heavy atom. The van der Waals surface area contributed by atoms with Crippen LogP contribution < -0.4 is 0 Å². The van der Waals surface area contributed by atoms with Crippen molar-refractivity contribution in [3.63, 3.8) is 0 Å². The van der Waals surface area contributed by atoms with Crippen molar-refractivity contribution in [1.29, 1.82) is 5.41 Å². The monoisotopic (exact) mass is 201 g/mol. The molecule has 0 unspecified atom stereocenters. The zero-order valence-corrected chi connectivity index (χ0v) is 8.71. The predicted molar refractivity (Wildman–Crippen MR) is 54.7 cm³/mol. The van der Waals surface area contributed by atoms with Crippen LogP contribution in [-0.4, -0.2) is 23.6 Å². The lowest BCUT2D eigenvalue weighted by Crippen LogP contribution is -2.02. The Hall–Kier alpha value is -1.06. The summed E-state index contributed by atoms with van der Waals surface area (Å²) in [6.07, 6.45) is 4.47. The van der Waals surface area contributed by atoms with E-state index >= 15 is 0 Å². The fourth-order valence-corrected chi connectivity index (χ4v) is 1.16. The Morgan fingerprint density at radius 3 is 2.29 bits per heavy atom. The van der Waals surface area contributed by atoms with Crippen LogP contribution in [0.4, 0.5) is 0 Å². The fourth-order valence-electron chi connectivity index (χ4n) is 1.16. The van der Waals surface area contributed by atoms with Crippen molar-refractivity contribution in [3.8, 4) is 0 Å². The van der Waals surface area contributed by atoms with Crippen molar-refractivity contribution in [3.05, 3.63) is 0 Å². The van der Waals surface area contributed by atoms with Gasteiger partial charge < -0.3 is 9.84 Å². The standard InChI is InChI=1S/C10H19NO3/c1-2-14-9(11)7-5-3-4-6-8-10(12)13/h11H,2-8H2,1H3,(H,12,13). The minimum Gasteiger partial charge on any atom is -0.481 e. The van der Waals surface area contributed by atoms with Crippen LogP contribution in [0.2, 0.25) is 0 Å². The molecule has 0 amide bonds. The number of hydrogen-bond acceptors (Lipinski definition) is 3. The van der Waals surface area contributed by atoms with E-state index in [1.165, 1.54) is 0 Å². The minimum absolute atomic E-state index is 0.253. The molecule has 14 heavy (non-hydrogen) atoms. The molecule has 0 aromatic heterocycles. The first-order valence-electron chi connectivity index (χ1n) is 5.08. The summed E-state index contributed by atoms with van der Waals surface area (Å²) in [6.45, 7) is 2.42. The van der Waals surface area contributed by atoms with Crippen LogP contribution in [0.1, 0.15) is 45.4 Å². The topological polar surface area (TPSA) is 70.4 Å². The van der Waals surface area contributed by atoms with Crippen molar-refractivity contribution in [2.75, 3.05) is 6.61 Å². The number of carbonyl (C=O) groups is 1. The predicted octanol–water partition coefficient (Wildman–Crippen LogP) is 2.43. The molecule has 0 aliphatic rings. The van der Waals surface area contributed by atoms with Gasteiger partial charge in [-0.25, -0.2) is 0 Å². The highest BCUT2D eigenvalue weighted by atomic mass is 16.5. The second-order valence-corrected chi connectivity index (χ2v) is 3.16. The third kappa shape index (κ3) is 9.03. The quantitative estimate of drug-likeness (QED) is 0.360. The number of rotatable bonds is 8. The lowest BCUT2D eigenvalue weighted by atomic mass is 10.1. The summed E-state index contributed by atoms with van der Waals surface area (Å²) in [5.74, 6) is -0.391. The smallest absolute Gasteiger partial charge is 0.303 e. The number of nitrogens with one attached hydrogen (secondary N) is 1. The van der Waals surface area contributed by atoms with E-state index in [9.17, 15) is 4.79 Å². The van der Waals surface area contributed by atoms with E-state index in [0.717, 1.165) is 25.7 Å². The molecule has 82 valence electrons. The van der Waals surface area contributed by atoms with Crippen molar-refractivity contribution < 1.29 is 14.6 Å². The number of aliphatic carboxylic acids is 1. The van der Waals surface area contributed by atoms with Gasteiger partial charge in [-0.1, -0.05) is 12.8 Å². The second-order valence-electron chi connectivity index (χ2n) is 3.16. The van der Waals surface area contributed by atoms with Gasteiger partial charge in [0.05, 0.1) is 6.61 Å². The summed E-state index contributed by atoms with van der Waals surface area (Å²) in [4.78, 5) is 10.2. The van der Waals surface area contributed by atoms with Crippen molar-refractivity contribution in [2.45, 2.75) is 45.4 Å². The van der Waals surface area contributed by atoms with E-state index in [0.29, 0.717) is 18.9 Å². The maximum absolute atomic E-state index is 10.2. The zero-order chi connectivity index (χ0) is 10.8. The summed E-state index contributed by atoms with van der Waals surface area (Å²) in [7, 11) is 0. The highest BCUT2D eigenvalue weighted by Crippen LogP contribution is 2.06. The molecule has 0 saturated heterocycles. The first-order chi connectivity index (χ1) is 6.66. The van der Waals surface area contributed by atoms with Crippen LogP contribution in [0, 0.1) is 5.41 Å². The molecule has 0 rings (SSSR count). The van der Waals surface area contributed by atoms with Crippen LogP contribution >= 0.6 is 0 Å². The summed E-state index contributed by atoms with van der Waals surface area (Å²) < 4.78 is 4.98. The molecule has 0 spiro atoms. The van der Waals surface area contributed by atoms with Crippen LogP contribution in [-0.2, 0) is 9.53 Å². The molecular weight excluding hydrogens is 182 g/mol. The van der Waals surface area contributed by atoms with Crippen LogP contribution in [0.5, 0.6) is 0 Å². The van der Waals surface area contributed by atoms with Crippen molar-refractivity contribution in [1.82, 2.24) is 0 Å². The summed E-state index contributed by atoms with van der Waals surface area (Å²) >= 11 is 0. The van der Waals surface area contributed by atoms with Gasteiger partial charge in [-0.05, 0) is 19.8 Å². The molecule has 0 bridgehead atoms. The number of carboxylic acids is 1. The molecule has 0 aromatic carbocycles. The van der Waals surface area contributed by atoms with Gasteiger partial charge in [0.1, 0.15) is 0 Å². The Bertz CT molecular complexity index is 180. The third-order valence-corrected chi connectivity index (χ3v) is 1.86. The normalized spacial score (nSPS) is 9.79. The van der Waals surface area contributed by atoms with Gasteiger partial charge in [-0.3, -0.25) is 10.2 Å². The van der Waals surface area contributed by atoms with E-state index < -0.39 is 5.97 Å². The number of hydrogen-bond donors (Lipinski definition) is 2. The molecule has 4 nitrogen and oxygen atoms in total. The summed E-state index contributed by atoms with van der Waals surface area (Å²) in [5.41, 5.74) is 0.